The number of benzene rings is 2. The number of hydrogen-bond acceptors (Lipinski definition) is 3. The molecule has 0 atom stereocenters. The van der Waals surface area contributed by atoms with Crippen LogP contribution in [0.25, 0.3) is 11.1 Å². The monoisotopic (exact) mass is 376 g/mol. The average molecular weight is 377 g/mol. The van der Waals surface area contributed by atoms with Gasteiger partial charge in [0.2, 0.25) is 0 Å². The molecule has 3 rings (SSSR count). The maximum Gasteiger partial charge on any atom is 0.122 e. The van der Waals surface area contributed by atoms with E-state index in [9.17, 15) is 0 Å². The topological polar surface area (TPSA) is 47.1 Å². The van der Waals surface area contributed by atoms with Crippen LogP contribution in [-0.4, -0.2) is 28.8 Å². The van der Waals surface area contributed by atoms with Crippen LogP contribution in [-0.2, 0) is 24.9 Å². The molecule has 148 valence electrons. The average Bonchev–Trinajstić information content (AvgIpc) is 3.01. The molecule has 2 aromatic carbocycles. The van der Waals surface area contributed by atoms with E-state index in [2.05, 4.69) is 88.3 Å². The van der Waals surface area contributed by atoms with E-state index in [0.717, 1.165) is 30.9 Å². The van der Waals surface area contributed by atoms with Crippen LogP contribution in [0.3, 0.4) is 0 Å². The molecule has 0 amide bonds. The van der Waals surface area contributed by atoms with Gasteiger partial charge in [0.05, 0.1) is 11.2 Å². The summed E-state index contributed by atoms with van der Waals surface area (Å²) in [6, 6.07) is 19.6. The molecule has 0 bridgehead atoms. The Morgan fingerprint density at radius 3 is 2.21 bits per heavy atom. The first kappa shape index (κ1) is 20.2. The first-order valence-electron chi connectivity index (χ1n) is 9.90. The quantitative estimate of drug-likeness (QED) is 0.676. The van der Waals surface area contributed by atoms with Gasteiger partial charge in [-0.1, -0.05) is 48.5 Å². The SMILES string of the molecule is CN(C)Cc1ccc(-c2cccc(CCc3cc(N)n(C(C)(C)C)n3)c2)cc1. The van der Waals surface area contributed by atoms with Gasteiger partial charge in [-0.2, -0.15) is 5.10 Å². The summed E-state index contributed by atoms with van der Waals surface area (Å²) in [5.41, 5.74) is 12.2. The highest BCUT2D eigenvalue weighted by molar-refractivity contribution is 5.64. The molecular formula is C24H32N4. The molecule has 0 aliphatic carbocycles. The highest BCUT2D eigenvalue weighted by Crippen LogP contribution is 2.23. The predicted octanol–water partition coefficient (Wildman–Crippen LogP) is 4.73. The molecule has 0 saturated heterocycles. The summed E-state index contributed by atoms with van der Waals surface area (Å²) in [5, 5.41) is 4.70. The number of anilines is 1. The minimum Gasteiger partial charge on any atom is -0.384 e. The van der Waals surface area contributed by atoms with Crippen molar-refractivity contribution in [3.63, 3.8) is 0 Å². The van der Waals surface area contributed by atoms with Crippen molar-refractivity contribution in [1.29, 1.82) is 0 Å². The second-order valence-corrected chi connectivity index (χ2v) is 8.78. The third-order valence-corrected chi connectivity index (χ3v) is 4.81. The predicted molar refractivity (Wildman–Crippen MR) is 118 cm³/mol. The van der Waals surface area contributed by atoms with Crippen molar-refractivity contribution in [2.45, 2.75) is 45.7 Å². The Hall–Kier alpha value is -2.59. The molecule has 0 radical (unpaired) electrons. The molecule has 0 aliphatic heterocycles. The van der Waals surface area contributed by atoms with E-state index in [1.165, 1.54) is 22.3 Å². The van der Waals surface area contributed by atoms with E-state index < -0.39 is 0 Å². The van der Waals surface area contributed by atoms with E-state index in [-0.39, 0.29) is 5.54 Å². The van der Waals surface area contributed by atoms with Crippen molar-refractivity contribution in [3.8, 4) is 11.1 Å². The minimum absolute atomic E-state index is 0.0962. The van der Waals surface area contributed by atoms with E-state index >= 15 is 0 Å². The normalized spacial score (nSPS) is 11.9. The van der Waals surface area contributed by atoms with Gasteiger partial charge in [0.15, 0.2) is 0 Å². The highest BCUT2D eigenvalue weighted by Gasteiger charge is 2.17. The summed E-state index contributed by atoms with van der Waals surface area (Å²) in [7, 11) is 4.19. The largest absolute Gasteiger partial charge is 0.384 e. The van der Waals surface area contributed by atoms with Gasteiger partial charge in [-0.25, -0.2) is 4.68 Å². The molecule has 0 saturated carbocycles. The van der Waals surface area contributed by atoms with Gasteiger partial charge < -0.3 is 10.6 Å². The molecule has 2 N–H and O–H groups in total. The summed E-state index contributed by atoms with van der Waals surface area (Å²) in [5.74, 6) is 0.731. The number of nitrogens with zero attached hydrogens (tertiary/aromatic N) is 3. The van der Waals surface area contributed by atoms with Gasteiger partial charge in [-0.05, 0) is 70.0 Å². The van der Waals surface area contributed by atoms with Crippen LogP contribution in [0.5, 0.6) is 0 Å². The van der Waals surface area contributed by atoms with Crippen LogP contribution in [0.1, 0.15) is 37.6 Å². The zero-order valence-electron chi connectivity index (χ0n) is 17.7. The molecule has 4 nitrogen and oxygen atoms in total. The molecule has 3 aromatic rings. The van der Waals surface area contributed by atoms with E-state index in [1.54, 1.807) is 0 Å². The van der Waals surface area contributed by atoms with E-state index in [1.807, 2.05) is 10.7 Å². The lowest BCUT2D eigenvalue weighted by atomic mass is 9.99. The second-order valence-electron chi connectivity index (χ2n) is 8.78. The molecule has 0 fully saturated rings. The fraction of sp³-hybridized carbons (Fsp3) is 0.375. The number of hydrogen-bond donors (Lipinski definition) is 1. The molecule has 1 aromatic heterocycles. The van der Waals surface area contributed by atoms with Crippen LogP contribution in [0, 0.1) is 0 Å². The smallest absolute Gasteiger partial charge is 0.122 e. The van der Waals surface area contributed by atoms with Gasteiger partial charge in [-0.15, -0.1) is 0 Å². The summed E-state index contributed by atoms with van der Waals surface area (Å²) in [4.78, 5) is 2.18. The first-order chi connectivity index (χ1) is 13.2. The van der Waals surface area contributed by atoms with Crippen LogP contribution in [0.4, 0.5) is 5.82 Å². The molecule has 0 aliphatic rings. The zero-order valence-corrected chi connectivity index (χ0v) is 17.7. The lowest BCUT2D eigenvalue weighted by molar-refractivity contribution is 0.359. The van der Waals surface area contributed by atoms with Gasteiger partial charge in [0.25, 0.3) is 0 Å². The summed E-state index contributed by atoms with van der Waals surface area (Å²) in [6.07, 6.45) is 1.84. The summed E-state index contributed by atoms with van der Waals surface area (Å²) in [6.45, 7) is 7.32. The standard InChI is InChI=1S/C24H32N4/c1-24(2,3)28-23(25)16-22(26-28)14-11-18-7-6-8-21(15-18)20-12-9-19(10-13-20)17-27(4)5/h6-10,12-13,15-16H,11,14,17,25H2,1-5H3. The zero-order chi connectivity index (χ0) is 20.3. The Bertz CT molecular complexity index is 915. The van der Waals surface area contributed by atoms with Crippen LogP contribution < -0.4 is 5.73 Å². The number of nitrogen functional groups attached to an aromatic ring is 1. The first-order valence-corrected chi connectivity index (χ1v) is 9.90. The van der Waals surface area contributed by atoms with Crippen molar-refractivity contribution in [1.82, 2.24) is 14.7 Å². The van der Waals surface area contributed by atoms with Gasteiger partial charge in [0.1, 0.15) is 5.82 Å². The van der Waals surface area contributed by atoms with Crippen molar-refractivity contribution in [2.24, 2.45) is 0 Å². The maximum atomic E-state index is 6.14. The summed E-state index contributed by atoms with van der Waals surface area (Å²) >= 11 is 0. The molecule has 4 heteroatoms. The molecule has 0 unspecified atom stereocenters. The fourth-order valence-corrected chi connectivity index (χ4v) is 3.45. The van der Waals surface area contributed by atoms with E-state index in [0.29, 0.717) is 0 Å². The Morgan fingerprint density at radius 1 is 0.893 bits per heavy atom. The Balaban J connectivity index is 1.70. The molecular weight excluding hydrogens is 344 g/mol. The summed E-state index contributed by atoms with van der Waals surface area (Å²) < 4.78 is 1.91. The fourth-order valence-electron chi connectivity index (χ4n) is 3.45. The van der Waals surface area contributed by atoms with Gasteiger partial charge >= 0.3 is 0 Å². The number of aryl methyl sites for hydroxylation is 2. The van der Waals surface area contributed by atoms with Crippen LogP contribution in [0.2, 0.25) is 0 Å². The Kier molecular flexibility index (Phi) is 5.90. The molecule has 0 spiro atoms. The van der Waals surface area contributed by atoms with Crippen molar-refractivity contribution in [2.75, 3.05) is 19.8 Å². The third-order valence-electron chi connectivity index (χ3n) is 4.81. The lowest BCUT2D eigenvalue weighted by Gasteiger charge is -2.20. The van der Waals surface area contributed by atoms with E-state index in [4.69, 9.17) is 10.8 Å². The van der Waals surface area contributed by atoms with Crippen molar-refractivity contribution < 1.29 is 0 Å². The van der Waals surface area contributed by atoms with Crippen LogP contribution >= 0.6 is 0 Å². The Labute approximate surface area is 169 Å². The van der Waals surface area contributed by atoms with Gasteiger partial charge in [-0.3, -0.25) is 0 Å². The maximum absolute atomic E-state index is 6.14. The third kappa shape index (κ3) is 5.02. The Morgan fingerprint density at radius 2 is 1.61 bits per heavy atom. The molecule has 28 heavy (non-hydrogen) atoms. The number of nitrogens with two attached hydrogens (primary N) is 1. The van der Waals surface area contributed by atoms with Crippen LogP contribution in [0.15, 0.2) is 54.6 Å². The molecule has 1 heterocycles. The highest BCUT2D eigenvalue weighted by atomic mass is 15.3. The minimum atomic E-state index is -0.0962. The lowest BCUT2D eigenvalue weighted by Crippen LogP contribution is -2.24. The van der Waals surface area contributed by atoms with Crippen molar-refractivity contribution >= 4 is 5.82 Å². The number of rotatable bonds is 6. The van der Waals surface area contributed by atoms with Crippen molar-refractivity contribution in [3.05, 3.63) is 71.4 Å². The van der Waals surface area contributed by atoms with Gasteiger partial charge in [0, 0.05) is 12.6 Å². The second kappa shape index (κ2) is 8.19. The number of aromatic nitrogens is 2.